The van der Waals surface area contributed by atoms with Gasteiger partial charge in [0, 0.05) is 12.1 Å². The van der Waals surface area contributed by atoms with Gasteiger partial charge in [-0.25, -0.2) is 4.79 Å². The third-order valence-corrected chi connectivity index (χ3v) is 4.27. The van der Waals surface area contributed by atoms with Gasteiger partial charge in [-0.3, -0.25) is 4.79 Å². The van der Waals surface area contributed by atoms with Crippen molar-refractivity contribution in [3.63, 3.8) is 0 Å². The van der Waals surface area contributed by atoms with Crippen molar-refractivity contribution < 1.29 is 41.7 Å². The van der Waals surface area contributed by atoms with Crippen LogP contribution in [0.15, 0.2) is 48.5 Å². The third-order valence-electron chi connectivity index (χ3n) is 4.27. The summed E-state index contributed by atoms with van der Waals surface area (Å²) in [5.41, 5.74) is -0.541. The molecule has 0 aliphatic heterocycles. The van der Waals surface area contributed by atoms with E-state index in [4.69, 9.17) is 18.9 Å². The molecule has 0 aliphatic rings. The standard InChI is InChI=1S/C23H26F3NO6/c1-17(28)20-8-7-19(15-21(20)23(24,25)26)32-14-13-31-12-11-30-10-9-27-22(29)33-16-18-5-3-2-4-6-18/h2-8,15H,9-14,16H2,1H3,(H,27,29). The maximum absolute atomic E-state index is 13.1. The normalized spacial score (nSPS) is 11.2. The van der Waals surface area contributed by atoms with Crippen LogP contribution in [-0.2, 0) is 27.0 Å². The average molecular weight is 469 g/mol. The Morgan fingerprint density at radius 2 is 1.58 bits per heavy atom. The van der Waals surface area contributed by atoms with Crippen molar-refractivity contribution in [1.82, 2.24) is 5.32 Å². The fraction of sp³-hybridized carbons (Fsp3) is 0.391. The predicted octanol–water partition coefficient (Wildman–Crippen LogP) is 4.25. The Balaban J connectivity index is 1.52. The number of alkyl halides is 3. The molecule has 0 aromatic heterocycles. The second kappa shape index (κ2) is 13.4. The monoisotopic (exact) mass is 469 g/mol. The molecule has 0 atom stereocenters. The molecule has 10 heteroatoms. The van der Waals surface area contributed by atoms with Crippen molar-refractivity contribution in [3.8, 4) is 5.75 Å². The zero-order valence-electron chi connectivity index (χ0n) is 18.2. The Bertz CT molecular complexity index is 890. The van der Waals surface area contributed by atoms with Crippen LogP contribution in [0.25, 0.3) is 0 Å². The summed E-state index contributed by atoms with van der Waals surface area (Å²) in [5.74, 6) is -0.672. The first kappa shape index (κ1) is 26.1. The number of nitrogens with one attached hydrogen (secondary N) is 1. The van der Waals surface area contributed by atoms with E-state index in [-0.39, 0.29) is 51.9 Å². The molecule has 33 heavy (non-hydrogen) atoms. The quantitative estimate of drug-likeness (QED) is 0.349. The Kier molecular flexibility index (Phi) is 10.6. The van der Waals surface area contributed by atoms with Gasteiger partial charge in [0.15, 0.2) is 5.78 Å². The second-order valence-corrected chi connectivity index (χ2v) is 6.82. The zero-order valence-corrected chi connectivity index (χ0v) is 18.2. The number of rotatable bonds is 13. The fourth-order valence-electron chi connectivity index (χ4n) is 2.69. The first-order valence-electron chi connectivity index (χ1n) is 10.2. The Morgan fingerprint density at radius 1 is 0.909 bits per heavy atom. The number of carbonyl (C=O) groups excluding carboxylic acids is 2. The minimum atomic E-state index is -4.65. The number of hydrogen-bond donors (Lipinski definition) is 1. The third kappa shape index (κ3) is 9.92. The van der Waals surface area contributed by atoms with E-state index < -0.39 is 29.2 Å². The van der Waals surface area contributed by atoms with Gasteiger partial charge in [0.05, 0.1) is 32.0 Å². The number of benzene rings is 2. The summed E-state index contributed by atoms with van der Waals surface area (Å²) >= 11 is 0. The smallest absolute Gasteiger partial charge is 0.417 e. The van der Waals surface area contributed by atoms with Crippen LogP contribution < -0.4 is 10.1 Å². The van der Waals surface area contributed by atoms with Crippen LogP contribution in [0.2, 0.25) is 0 Å². The topological polar surface area (TPSA) is 83.1 Å². The summed E-state index contributed by atoms with van der Waals surface area (Å²) in [6, 6.07) is 12.5. The van der Waals surface area contributed by atoms with Crippen molar-refractivity contribution >= 4 is 11.9 Å². The predicted molar refractivity (Wildman–Crippen MR) is 113 cm³/mol. The lowest BCUT2D eigenvalue weighted by Crippen LogP contribution is -2.28. The van der Waals surface area contributed by atoms with Crippen LogP contribution >= 0.6 is 0 Å². The highest BCUT2D eigenvalue weighted by Crippen LogP contribution is 2.34. The van der Waals surface area contributed by atoms with E-state index in [1.165, 1.54) is 6.07 Å². The first-order chi connectivity index (χ1) is 15.8. The molecule has 0 radical (unpaired) electrons. The Morgan fingerprint density at radius 3 is 2.24 bits per heavy atom. The summed E-state index contributed by atoms with van der Waals surface area (Å²) in [6.07, 6.45) is -5.19. The van der Waals surface area contributed by atoms with Crippen LogP contribution in [0.3, 0.4) is 0 Å². The zero-order chi connectivity index (χ0) is 24.1. The molecule has 2 rings (SSSR count). The summed E-state index contributed by atoms with van der Waals surface area (Å²) in [7, 11) is 0. The lowest BCUT2D eigenvalue weighted by Gasteiger charge is -2.13. The molecule has 0 aliphatic carbocycles. The summed E-state index contributed by atoms with van der Waals surface area (Å²) in [4.78, 5) is 22.9. The SMILES string of the molecule is CC(=O)c1ccc(OCCOCCOCCNC(=O)OCc2ccccc2)cc1C(F)(F)F. The van der Waals surface area contributed by atoms with E-state index in [1.807, 2.05) is 30.3 Å². The summed E-state index contributed by atoms with van der Waals surface area (Å²) in [6.45, 7) is 2.49. The number of halogens is 3. The first-order valence-corrected chi connectivity index (χ1v) is 10.2. The number of carbonyl (C=O) groups is 2. The highest BCUT2D eigenvalue weighted by atomic mass is 19.4. The minimum Gasteiger partial charge on any atom is -0.491 e. The van der Waals surface area contributed by atoms with E-state index >= 15 is 0 Å². The summed E-state index contributed by atoms with van der Waals surface area (Å²) in [5, 5.41) is 2.56. The molecule has 1 N–H and O–H groups in total. The highest BCUT2D eigenvalue weighted by molar-refractivity contribution is 5.95. The molecule has 0 unspecified atom stereocenters. The Labute approximate surface area is 189 Å². The molecular formula is C23H26F3NO6. The van der Waals surface area contributed by atoms with Gasteiger partial charge in [-0.15, -0.1) is 0 Å². The number of Topliss-reactive ketones (excluding diaryl/α,β-unsaturated/α-hetero) is 1. The van der Waals surface area contributed by atoms with Crippen LogP contribution in [0.1, 0.15) is 28.4 Å². The van der Waals surface area contributed by atoms with Gasteiger partial charge in [0.25, 0.3) is 0 Å². The van der Waals surface area contributed by atoms with Gasteiger partial charge in [-0.05, 0) is 30.7 Å². The largest absolute Gasteiger partial charge is 0.491 e. The number of alkyl carbamates (subject to hydrolysis) is 1. The molecule has 1 amide bonds. The van der Waals surface area contributed by atoms with Crippen LogP contribution in [0.5, 0.6) is 5.75 Å². The molecule has 7 nitrogen and oxygen atoms in total. The van der Waals surface area contributed by atoms with Crippen molar-refractivity contribution in [2.45, 2.75) is 19.7 Å². The van der Waals surface area contributed by atoms with E-state index in [9.17, 15) is 22.8 Å². The van der Waals surface area contributed by atoms with Crippen molar-refractivity contribution in [3.05, 3.63) is 65.2 Å². The number of amides is 1. The maximum Gasteiger partial charge on any atom is 0.417 e. The lowest BCUT2D eigenvalue weighted by atomic mass is 10.0. The van der Waals surface area contributed by atoms with Gasteiger partial charge >= 0.3 is 12.3 Å². The molecule has 0 fully saturated rings. The van der Waals surface area contributed by atoms with Gasteiger partial charge in [-0.2, -0.15) is 13.2 Å². The molecule has 0 saturated carbocycles. The van der Waals surface area contributed by atoms with Gasteiger partial charge in [0.1, 0.15) is 19.0 Å². The minimum absolute atomic E-state index is 0.00241. The van der Waals surface area contributed by atoms with Gasteiger partial charge in [-0.1, -0.05) is 30.3 Å². The van der Waals surface area contributed by atoms with Crippen molar-refractivity contribution in [1.29, 1.82) is 0 Å². The number of hydrogen-bond acceptors (Lipinski definition) is 6. The van der Waals surface area contributed by atoms with Crippen LogP contribution in [0.4, 0.5) is 18.0 Å². The lowest BCUT2D eigenvalue weighted by molar-refractivity contribution is -0.138. The number of ether oxygens (including phenoxy) is 4. The van der Waals surface area contributed by atoms with Crippen molar-refractivity contribution in [2.24, 2.45) is 0 Å². The molecule has 0 heterocycles. The summed E-state index contributed by atoms with van der Waals surface area (Å²) < 4.78 is 60.2. The van der Waals surface area contributed by atoms with E-state index in [0.29, 0.717) is 0 Å². The molecule has 0 spiro atoms. The molecule has 0 bridgehead atoms. The van der Waals surface area contributed by atoms with E-state index in [0.717, 1.165) is 24.6 Å². The van der Waals surface area contributed by atoms with Gasteiger partial charge in [0.2, 0.25) is 0 Å². The second-order valence-electron chi connectivity index (χ2n) is 6.82. The van der Waals surface area contributed by atoms with E-state index in [1.54, 1.807) is 0 Å². The fourth-order valence-corrected chi connectivity index (χ4v) is 2.69. The maximum atomic E-state index is 13.1. The van der Waals surface area contributed by atoms with E-state index in [2.05, 4.69) is 5.32 Å². The Hall–Kier alpha value is -3.11. The molecule has 2 aromatic rings. The molecule has 0 saturated heterocycles. The van der Waals surface area contributed by atoms with Crippen LogP contribution in [0, 0.1) is 0 Å². The highest BCUT2D eigenvalue weighted by Gasteiger charge is 2.34. The molecule has 2 aromatic carbocycles. The van der Waals surface area contributed by atoms with Gasteiger partial charge < -0.3 is 24.3 Å². The molecule has 180 valence electrons. The average Bonchev–Trinajstić information content (AvgIpc) is 2.78. The number of ketones is 1. The van der Waals surface area contributed by atoms with Crippen LogP contribution in [-0.4, -0.2) is 51.5 Å². The van der Waals surface area contributed by atoms with Crippen molar-refractivity contribution in [2.75, 3.05) is 39.6 Å². The molecular weight excluding hydrogens is 443 g/mol.